The van der Waals surface area contributed by atoms with Crippen LogP contribution in [0.1, 0.15) is 41.5 Å². The largest absolute Gasteiger partial charge is 0.467 e. The number of ketones is 1. The van der Waals surface area contributed by atoms with Crippen LogP contribution in [0.4, 0.5) is 11.4 Å². The van der Waals surface area contributed by atoms with Crippen LogP contribution in [0, 0.1) is 5.92 Å². The van der Waals surface area contributed by atoms with Gasteiger partial charge in [0.15, 0.2) is 0 Å². The highest BCUT2D eigenvalue weighted by Gasteiger charge is 2.25. The smallest absolute Gasteiger partial charge is 0.328 e. The molecule has 32 heavy (non-hydrogen) atoms. The lowest BCUT2D eigenvalue weighted by molar-refractivity contribution is -0.144. The van der Waals surface area contributed by atoms with Gasteiger partial charge in [0.05, 0.1) is 18.4 Å². The van der Waals surface area contributed by atoms with Gasteiger partial charge in [0, 0.05) is 18.2 Å². The second kappa shape index (κ2) is 10.9. The van der Waals surface area contributed by atoms with Gasteiger partial charge in [-0.25, -0.2) is 4.79 Å². The minimum atomic E-state index is -0.898. The van der Waals surface area contributed by atoms with E-state index in [1.54, 1.807) is 26.0 Å². The average Bonchev–Trinajstić information content (AvgIpc) is 2.76. The number of esters is 1. The van der Waals surface area contributed by atoms with Gasteiger partial charge in [0.2, 0.25) is 5.91 Å². The van der Waals surface area contributed by atoms with Crippen LogP contribution in [0.2, 0.25) is 0 Å². The fourth-order valence-electron chi connectivity index (χ4n) is 2.84. The number of hydrogen-bond acceptors (Lipinski definition) is 6. The number of ether oxygens (including phenoxy) is 1. The molecule has 168 valence electrons. The Hall–Kier alpha value is -4.01. The first kappa shape index (κ1) is 24.3. The van der Waals surface area contributed by atoms with Gasteiger partial charge >= 0.3 is 5.97 Å². The van der Waals surface area contributed by atoms with Crippen LogP contribution in [0.3, 0.4) is 0 Å². The summed E-state index contributed by atoms with van der Waals surface area (Å²) in [5, 5.41) is 7.59. The Bertz CT molecular complexity index is 1030. The molecule has 0 heterocycles. The summed E-state index contributed by atoms with van der Waals surface area (Å²) in [6.07, 6.45) is 0. The molecule has 1 atom stereocenters. The number of anilines is 2. The maximum absolute atomic E-state index is 12.5. The van der Waals surface area contributed by atoms with Gasteiger partial charge in [0.25, 0.3) is 17.6 Å². The second-order valence-electron chi connectivity index (χ2n) is 7.31. The molecule has 0 aliphatic rings. The van der Waals surface area contributed by atoms with Gasteiger partial charge in [-0.2, -0.15) is 0 Å². The first-order valence-corrected chi connectivity index (χ1v) is 9.85. The summed E-state index contributed by atoms with van der Waals surface area (Å²) < 4.78 is 4.71. The number of carbonyl (C=O) groups is 5. The molecule has 0 fully saturated rings. The van der Waals surface area contributed by atoms with Crippen LogP contribution >= 0.6 is 0 Å². The number of nitrogens with one attached hydrogen (secondary N) is 3. The summed E-state index contributed by atoms with van der Waals surface area (Å²) in [6, 6.07) is 11.2. The molecule has 0 saturated heterocycles. The van der Waals surface area contributed by atoms with Crippen molar-refractivity contribution in [2.24, 2.45) is 5.92 Å². The van der Waals surface area contributed by atoms with Crippen molar-refractivity contribution in [3.05, 3.63) is 59.7 Å². The first-order valence-electron chi connectivity index (χ1n) is 9.85. The van der Waals surface area contributed by atoms with E-state index in [4.69, 9.17) is 4.74 Å². The lowest BCUT2D eigenvalue weighted by atomic mass is 10.0. The quantitative estimate of drug-likeness (QED) is 0.329. The monoisotopic (exact) mass is 439 g/mol. The Morgan fingerprint density at radius 2 is 1.50 bits per heavy atom. The number of amides is 3. The normalized spacial score (nSPS) is 11.3. The van der Waals surface area contributed by atoms with E-state index in [0.717, 1.165) is 0 Å². The minimum absolute atomic E-state index is 0.0544. The third-order valence-corrected chi connectivity index (χ3v) is 4.50. The van der Waals surface area contributed by atoms with E-state index in [1.165, 1.54) is 50.4 Å². The third-order valence-electron chi connectivity index (χ3n) is 4.50. The van der Waals surface area contributed by atoms with E-state index in [0.29, 0.717) is 5.69 Å². The summed E-state index contributed by atoms with van der Waals surface area (Å²) in [6.45, 7) is 4.86. The molecule has 0 aliphatic heterocycles. The van der Waals surface area contributed by atoms with Crippen molar-refractivity contribution in [1.82, 2.24) is 5.32 Å². The third kappa shape index (κ3) is 6.24. The zero-order valence-electron chi connectivity index (χ0n) is 18.2. The van der Waals surface area contributed by atoms with E-state index in [-0.39, 0.29) is 28.6 Å². The van der Waals surface area contributed by atoms with Crippen molar-refractivity contribution in [3.63, 3.8) is 0 Å². The predicted octanol–water partition coefficient (Wildman–Crippen LogP) is 2.39. The van der Waals surface area contributed by atoms with E-state index >= 15 is 0 Å². The SMILES string of the molecule is COC(=O)C(NC(=O)c1ccc(NC(=O)C(=O)c2ccccc2NC(C)=O)cc1)C(C)C. The van der Waals surface area contributed by atoms with Crippen molar-refractivity contribution < 1.29 is 28.7 Å². The molecular weight excluding hydrogens is 414 g/mol. The lowest BCUT2D eigenvalue weighted by Crippen LogP contribution is -2.45. The van der Waals surface area contributed by atoms with Gasteiger partial charge < -0.3 is 20.7 Å². The Kier molecular flexibility index (Phi) is 8.23. The number of benzene rings is 2. The number of rotatable bonds is 8. The molecule has 0 aromatic heterocycles. The average molecular weight is 439 g/mol. The molecular formula is C23H25N3O6. The van der Waals surface area contributed by atoms with Gasteiger partial charge in [-0.15, -0.1) is 0 Å². The molecule has 0 aliphatic carbocycles. The highest BCUT2D eigenvalue weighted by atomic mass is 16.5. The molecule has 2 aromatic carbocycles. The second-order valence-corrected chi connectivity index (χ2v) is 7.31. The predicted molar refractivity (Wildman–Crippen MR) is 118 cm³/mol. The standard InChI is InChI=1S/C23H25N3O6/c1-13(2)19(23(31)32-4)26-21(29)15-9-11-16(12-10-15)25-22(30)20(28)17-7-5-6-8-18(17)24-14(3)27/h5-13,19H,1-4H3,(H,24,27)(H,25,30)(H,26,29). The summed E-state index contributed by atoms with van der Waals surface area (Å²) in [5.41, 5.74) is 0.849. The fraction of sp³-hybridized carbons (Fsp3) is 0.261. The number of hydrogen-bond donors (Lipinski definition) is 3. The number of para-hydroxylation sites is 1. The van der Waals surface area contributed by atoms with Gasteiger partial charge in [0.1, 0.15) is 6.04 Å². The molecule has 2 aromatic rings. The van der Waals surface area contributed by atoms with Crippen molar-refractivity contribution in [2.45, 2.75) is 26.8 Å². The summed E-state index contributed by atoms with van der Waals surface area (Å²) >= 11 is 0. The molecule has 0 saturated carbocycles. The Balaban J connectivity index is 2.08. The van der Waals surface area contributed by atoms with E-state index in [1.807, 2.05) is 0 Å². The summed E-state index contributed by atoms with van der Waals surface area (Å²) in [7, 11) is 1.25. The van der Waals surface area contributed by atoms with Crippen LogP contribution in [0.5, 0.6) is 0 Å². The van der Waals surface area contributed by atoms with Crippen LogP contribution in [-0.2, 0) is 19.1 Å². The van der Waals surface area contributed by atoms with Crippen LogP contribution < -0.4 is 16.0 Å². The summed E-state index contributed by atoms with van der Waals surface area (Å²) in [4.78, 5) is 60.5. The Labute approximate surface area is 185 Å². The summed E-state index contributed by atoms with van der Waals surface area (Å²) in [5.74, 6) is -3.29. The molecule has 9 nitrogen and oxygen atoms in total. The number of carbonyl (C=O) groups excluding carboxylic acids is 5. The molecule has 1 unspecified atom stereocenters. The Morgan fingerprint density at radius 3 is 2.06 bits per heavy atom. The zero-order chi connectivity index (χ0) is 23.8. The van der Waals surface area contributed by atoms with Gasteiger partial charge in [-0.3, -0.25) is 19.2 Å². The molecule has 3 N–H and O–H groups in total. The topological polar surface area (TPSA) is 131 Å². The lowest BCUT2D eigenvalue weighted by Gasteiger charge is -2.19. The van der Waals surface area contributed by atoms with E-state index in [2.05, 4.69) is 16.0 Å². The fourth-order valence-corrected chi connectivity index (χ4v) is 2.84. The highest BCUT2D eigenvalue weighted by molar-refractivity contribution is 6.47. The number of methoxy groups -OCH3 is 1. The number of Topliss-reactive ketones (excluding diaryl/α,β-unsaturated/α-hetero) is 1. The maximum atomic E-state index is 12.5. The Morgan fingerprint density at radius 1 is 0.875 bits per heavy atom. The molecule has 9 heteroatoms. The molecule has 0 bridgehead atoms. The maximum Gasteiger partial charge on any atom is 0.328 e. The molecule has 0 radical (unpaired) electrons. The van der Waals surface area contributed by atoms with Crippen LogP contribution in [0.25, 0.3) is 0 Å². The van der Waals surface area contributed by atoms with Crippen molar-refractivity contribution >= 4 is 40.8 Å². The first-order chi connectivity index (χ1) is 15.1. The zero-order valence-corrected chi connectivity index (χ0v) is 18.2. The van der Waals surface area contributed by atoms with Crippen molar-refractivity contribution in [1.29, 1.82) is 0 Å². The van der Waals surface area contributed by atoms with Crippen molar-refractivity contribution in [2.75, 3.05) is 17.7 Å². The van der Waals surface area contributed by atoms with Crippen molar-refractivity contribution in [3.8, 4) is 0 Å². The molecule has 2 rings (SSSR count). The highest BCUT2D eigenvalue weighted by Crippen LogP contribution is 2.17. The van der Waals surface area contributed by atoms with Gasteiger partial charge in [-0.1, -0.05) is 26.0 Å². The van der Waals surface area contributed by atoms with E-state index in [9.17, 15) is 24.0 Å². The van der Waals surface area contributed by atoms with Crippen LogP contribution in [-0.4, -0.2) is 42.6 Å². The minimum Gasteiger partial charge on any atom is -0.467 e. The molecule has 0 spiro atoms. The molecule has 3 amide bonds. The van der Waals surface area contributed by atoms with Gasteiger partial charge in [-0.05, 0) is 42.3 Å². The van der Waals surface area contributed by atoms with Crippen LogP contribution in [0.15, 0.2) is 48.5 Å². The van der Waals surface area contributed by atoms with E-state index < -0.39 is 29.6 Å².